The first kappa shape index (κ1) is 13.9. The number of hydrogen-bond donors (Lipinski definition) is 0. The van der Waals surface area contributed by atoms with Crippen LogP contribution >= 0.6 is 0 Å². The summed E-state index contributed by atoms with van der Waals surface area (Å²) in [5.74, 6) is 0.313. The molecule has 0 spiro atoms. The number of carbonyl (C=O) groups excluding carboxylic acids is 1. The second-order valence-electron chi connectivity index (χ2n) is 5.42. The molecule has 4 nitrogen and oxygen atoms in total. The van der Waals surface area contributed by atoms with Gasteiger partial charge in [0.15, 0.2) is 0 Å². The minimum absolute atomic E-state index is 0.348. The zero-order valence-electron chi connectivity index (χ0n) is 12.3. The van der Waals surface area contributed by atoms with Gasteiger partial charge >= 0.3 is 5.97 Å². The standard InChI is InChI=1S/C17H19NO3/c1-18(11-16-14(9-10-21-16)17(19)20-2)15-8-7-12-5-3-4-6-13(12)15/h3-6,9-10,15H,7-8,11H2,1-2H3. The van der Waals surface area contributed by atoms with Crippen molar-refractivity contribution < 1.29 is 13.9 Å². The van der Waals surface area contributed by atoms with Crippen LogP contribution in [0.15, 0.2) is 41.0 Å². The van der Waals surface area contributed by atoms with Crippen LogP contribution in [0.3, 0.4) is 0 Å². The van der Waals surface area contributed by atoms with Crippen LogP contribution < -0.4 is 0 Å². The van der Waals surface area contributed by atoms with E-state index in [1.54, 1.807) is 6.07 Å². The lowest BCUT2D eigenvalue weighted by Crippen LogP contribution is -2.23. The Hall–Kier alpha value is -2.07. The molecule has 21 heavy (non-hydrogen) atoms. The minimum Gasteiger partial charge on any atom is -0.467 e. The van der Waals surface area contributed by atoms with Crippen molar-refractivity contribution in [2.75, 3.05) is 14.2 Å². The van der Waals surface area contributed by atoms with E-state index in [1.807, 2.05) is 0 Å². The fourth-order valence-electron chi connectivity index (χ4n) is 3.08. The van der Waals surface area contributed by atoms with Gasteiger partial charge in [-0.05, 0) is 37.1 Å². The largest absolute Gasteiger partial charge is 0.467 e. The lowest BCUT2D eigenvalue weighted by molar-refractivity contribution is 0.0596. The fourth-order valence-corrected chi connectivity index (χ4v) is 3.08. The number of ether oxygens (including phenoxy) is 1. The van der Waals surface area contributed by atoms with E-state index in [0.717, 1.165) is 12.8 Å². The van der Waals surface area contributed by atoms with Crippen LogP contribution in [0.5, 0.6) is 0 Å². The first-order valence-electron chi connectivity index (χ1n) is 7.13. The number of nitrogens with zero attached hydrogens (tertiary/aromatic N) is 1. The first-order valence-corrected chi connectivity index (χ1v) is 7.13. The SMILES string of the molecule is COC(=O)c1ccoc1CN(C)C1CCc2ccccc21. The molecule has 1 aromatic carbocycles. The molecule has 0 fully saturated rings. The lowest BCUT2D eigenvalue weighted by Gasteiger charge is -2.24. The molecule has 1 aliphatic carbocycles. The molecule has 0 bridgehead atoms. The third-order valence-electron chi connectivity index (χ3n) is 4.18. The van der Waals surface area contributed by atoms with Crippen molar-refractivity contribution in [2.24, 2.45) is 0 Å². The summed E-state index contributed by atoms with van der Waals surface area (Å²) in [5, 5.41) is 0. The number of aryl methyl sites for hydroxylation is 1. The van der Waals surface area contributed by atoms with E-state index < -0.39 is 0 Å². The number of benzene rings is 1. The van der Waals surface area contributed by atoms with Crippen molar-refractivity contribution >= 4 is 5.97 Å². The number of fused-ring (bicyclic) bond motifs is 1. The summed E-state index contributed by atoms with van der Waals surface area (Å²) in [6.07, 6.45) is 3.75. The van der Waals surface area contributed by atoms with E-state index in [2.05, 4.69) is 36.2 Å². The van der Waals surface area contributed by atoms with E-state index in [1.165, 1.54) is 24.5 Å². The monoisotopic (exact) mass is 285 g/mol. The van der Waals surface area contributed by atoms with Crippen LogP contribution in [-0.4, -0.2) is 25.0 Å². The molecule has 1 unspecified atom stereocenters. The Labute approximate surface area is 124 Å². The molecule has 2 aromatic rings. The summed E-state index contributed by atoms with van der Waals surface area (Å²) in [6, 6.07) is 10.6. The third-order valence-corrected chi connectivity index (χ3v) is 4.18. The summed E-state index contributed by atoms with van der Waals surface area (Å²) in [6.45, 7) is 0.594. The number of esters is 1. The van der Waals surface area contributed by atoms with E-state index in [0.29, 0.717) is 23.9 Å². The van der Waals surface area contributed by atoms with Gasteiger partial charge in [0.1, 0.15) is 11.3 Å². The molecule has 3 rings (SSSR count). The predicted molar refractivity (Wildman–Crippen MR) is 79.0 cm³/mol. The topological polar surface area (TPSA) is 42.7 Å². The molecule has 0 N–H and O–H groups in total. The van der Waals surface area contributed by atoms with Gasteiger partial charge in [-0.3, -0.25) is 4.90 Å². The molecule has 1 aliphatic rings. The van der Waals surface area contributed by atoms with Gasteiger partial charge in [0.25, 0.3) is 0 Å². The third kappa shape index (κ3) is 2.59. The lowest BCUT2D eigenvalue weighted by atomic mass is 10.1. The summed E-state index contributed by atoms with van der Waals surface area (Å²) in [4.78, 5) is 13.9. The molecular weight excluding hydrogens is 266 g/mol. The summed E-state index contributed by atoms with van der Waals surface area (Å²) >= 11 is 0. The Morgan fingerprint density at radius 2 is 2.19 bits per heavy atom. The van der Waals surface area contributed by atoms with E-state index in [-0.39, 0.29) is 5.97 Å². The molecule has 110 valence electrons. The van der Waals surface area contributed by atoms with Crippen LogP contribution in [0.2, 0.25) is 0 Å². The molecule has 0 aliphatic heterocycles. The number of methoxy groups -OCH3 is 1. The zero-order valence-corrected chi connectivity index (χ0v) is 12.3. The molecule has 0 saturated carbocycles. The molecule has 1 atom stereocenters. The predicted octanol–water partition coefficient (Wildman–Crippen LogP) is 3.19. The highest BCUT2D eigenvalue weighted by atomic mass is 16.5. The summed E-state index contributed by atoms with van der Waals surface area (Å²) < 4.78 is 10.2. The maximum Gasteiger partial charge on any atom is 0.341 e. The molecule has 0 radical (unpaired) electrons. The maximum atomic E-state index is 11.7. The van der Waals surface area contributed by atoms with Gasteiger partial charge < -0.3 is 9.15 Å². The van der Waals surface area contributed by atoms with Gasteiger partial charge in [-0.15, -0.1) is 0 Å². The van der Waals surface area contributed by atoms with Crippen molar-refractivity contribution in [1.29, 1.82) is 0 Å². The van der Waals surface area contributed by atoms with E-state index in [9.17, 15) is 4.79 Å². The van der Waals surface area contributed by atoms with Gasteiger partial charge in [0.2, 0.25) is 0 Å². The fraction of sp³-hybridized carbons (Fsp3) is 0.353. The molecule has 4 heteroatoms. The van der Waals surface area contributed by atoms with Crippen molar-refractivity contribution in [3.8, 4) is 0 Å². The highest BCUT2D eigenvalue weighted by molar-refractivity contribution is 5.90. The van der Waals surface area contributed by atoms with Crippen LogP contribution in [0, 0.1) is 0 Å². The highest BCUT2D eigenvalue weighted by Crippen LogP contribution is 2.35. The zero-order chi connectivity index (χ0) is 14.8. The second-order valence-corrected chi connectivity index (χ2v) is 5.42. The molecule has 1 aromatic heterocycles. The Kier molecular flexibility index (Phi) is 3.80. The van der Waals surface area contributed by atoms with Crippen molar-refractivity contribution in [3.05, 3.63) is 59.0 Å². The summed E-state index contributed by atoms with van der Waals surface area (Å²) in [5.41, 5.74) is 3.31. The maximum absolute atomic E-state index is 11.7. The van der Waals surface area contributed by atoms with Gasteiger partial charge in [-0.2, -0.15) is 0 Å². The molecule has 1 heterocycles. The van der Waals surface area contributed by atoms with Crippen LogP contribution in [0.25, 0.3) is 0 Å². The normalized spacial score (nSPS) is 17.0. The van der Waals surface area contributed by atoms with Gasteiger partial charge in [-0.1, -0.05) is 24.3 Å². The van der Waals surface area contributed by atoms with Crippen LogP contribution in [0.1, 0.15) is 39.7 Å². The molecular formula is C17H19NO3. The van der Waals surface area contributed by atoms with Gasteiger partial charge in [0, 0.05) is 6.04 Å². The first-order chi connectivity index (χ1) is 10.2. The van der Waals surface area contributed by atoms with Gasteiger partial charge in [-0.25, -0.2) is 4.79 Å². The highest BCUT2D eigenvalue weighted by Gasteiger charge is 2.27. The van der Waals surface area contributed by atoms with E-state index in [4.69, 9.17) is 9.15 Å². The Morgan fingerprint density at radius 1 is 1.38 bits per heavy atom. The average molecular weight is 285 g/mol. The molecule has 0 amide bonds. The number of rotatable bonds is 4. The number of hydrogen-bond acceptors (Lipinski definition) is 4. The van der Waals surface area contributed by atoms with Crippen molar-refractivity contribution in [1.82, 2.24) is 4.90 Å². The Morgan fingerprint density at radius 3 is 3.00 bits per heavy atom. The van der Waals surface area contributed by atoms with Gasteiger partial charge in [0.05, 0.1) is 19.9 Å². The summed E-state index contributed by atoms with van der Waals surface area (Å²) in [7, 11) is 3.45. The van der Waals surface area contributed by atoms with Crippen LogP contribution in [0.4, 0.5) is 0 Å². The van der Waals surface area contributed by atoms with E-state index >= 15 is 0 Å². The minimum atomic E-state index is -0.348. The second kappa shape index (κ2) is 5.74. The Bertz CT molecular complexity index is 647. The van der Waals surface area contributed by atoms with Crippen LogP contribution in [-0.2, 0) is 17.7 Å². The quantitative estimate of drug-likeness (QED) is 0.809. The molecule has 0 saturated heterocycles. The smallest absolute Gasteiger partial charge is 0.341 e. The number of carbonyl (C=O) groups is 1. The van der Waals surface area contributed by atoms with Crippen molar-refractivity contribution in [2.45, 2.75) is 25.4 Å². The number of furan rings is 1. The Balaban J connectivity index is 1.78. The van der Waals surface area contributed by atoms with Crippen molar-refractivity contribution in [3.63, 3.8) is 0 Å². The average Bonchev–Trinajstić information content (AvgIpc) is 3.12.